The van der Waals surface area contributed by atoms with E-state index in [-0.39, 0.29) is 11.6 Å². The number of halogens is 4. The zero-order chi connectivity index (χ0) is 15.7. The molecule has 3 aromatic rings. The summed E-state index contributed by atoms with van der Waals surface area (Å²) in [6, 6.07) is 9.40. The monoisotopic (exact) mass is 324 g/mol. The van der Waals surface area contributed by atoms with Gasteiger partial charge in [0.2, 0.25) is 5.88 Å². The summed E-state index contributed by atoms with van der Waals surface area (Å²) < 4.78 is 43.1. The molecule has 1 heterocycles. The summed E-state index contributed by atoms with van der Waals surface area (Å²) in [5.41, 5.74) is -0.149. The number of hydrogen-bond donors (Lipinski definition) is 0. The highest BCUT2D eigenvalue weighted by atomic mass is 35.5. The van der Waals surface area contributed by atoms with Crippen molar-refractivity contribution in [3.05, 3.63) is 59.4 Å². The van der Waals surface area contributed by atoms with Crippen LogP contribution in [0.25, 0.3) is 10.9 Å². The highest BCUT2D eigenvalue weighted by molar-refractivity contribution is 6.31. The summed E-state index contributed by atoms with van der Waals surface area (Å²) in [6.07, 6.45) is -3.07. The molecule has 0 spiro atoms. The van der Waals surface area contributed by atoms with Crippen LogP contribution in [0.15, 0.2) is 48.8 Å². The molecule has 0 aliphatic rings. The van der Waals surface area contributed by atoms with Gasteiger partial charge in [-0.2, -0.15) is 13.2 Å². The van der Waals surface area contributed by atoms with Crippen molar-refractivity contribution in [2.45, 2.75) is 6.18 Å². The predicted octanol–water partition coefficient (Wildman–Crippen LogP) is 5.09. The molecule has 3 nitrogen and oxygen atoms in total. The fourth-order valence-corrected chi connectivity index (χ4v) is 2.08. The summed E-state index contributed by atoms with van der Waals surface area (Å²) in [5, 5.41) is 1.14. The van der Waals surface area contributed by atoms with Crippen molar-refractivity contribution in [3.8, 4) is 11.6 Å². The minimum Gasteiger partial charge on any atom is -0.438 e. The molecule has 112 valence electrons. The van der Waals surface area contributed by atoms with E-state index in [9.17, 15) is 13.2 Å². The summed E-state index contributed by atoms with van der Waals surface area (Å²) in [4.78, 5) is 8.07. The largest absolute Gasteiger partial charge is 0.438 e. The van der Waals surface area contributed by atoms with Gasteiger partial charge in [0.15, 0.2) is 0 Å². The van der Waals surface area contributed by atoms with E-state index >= 15 is 0 Å². The van der Waals surface area contributed by atoms with Crippen LogP contribution in [0.1, 0.15) is 5.56 Å². The molecular formula is C15H8ClF3N2O. The van der Waals surface area contributed by atoms with Crippen molar-refractivity contribution >= 4 is 22.5 Å². The topological polar surface area (TPSA) is 35.0 Å². The molecule has 0 radical (unpaired) electrons. The number of alkyl halides is 3. The lowest BCUT2D eigenvalue weighted by molar-refractivity contribution is -0.137. The first kappa shape index (κ1) is 14.6. The lowest BCUT2D eigenvalue weighted by Crippen LogP contribution is -2.04. The maximum Gasteiger partial charge on any atom is 0.416 e. The van der Waals surface area contributed by atoms with Crippen molar-refractivity contribution in [2.75, 3.05) is 0 Å². The molecule has 0 atom stereocenters. The minimum absolute atomic E-state index is 0.251. The number of benzene rings is 2. The molecule has 7 heteroatoms. The third-order valence-corrected chi connectivity index (χ3v) is 3.19. The Hall–Kier alpha value is -2.34. The number of hydrogen-bond acceptors (Lipinski definition) is 3. The standard InChI is InChI=1S/C15H8ClF3N2O/c16-10-3-6-12-13(7-10)20-8-21-14(12)22-11-4-1-9(2-5-11)15(17,18)19/h1-8H. The highest BCUT2D eigenvalue weighted by Crippen LogP contribution is 2.32. The van der Waals surface area contributed by atoms with E-state index in [1.807, 2.05) is 0 Å². The molecule has 0 saturated heterocycles. The van der Waals surface area contributed by atoms with Crippen molar-refractivity contribution in [3.63, 3.8) is 0 Å². The molecule has 0 aliphatic heterocycles. The first-order valence-corrected chi connectivity index (χ1v) is 6.57. The number of fused-ring (bicyclic) bond motifs is 1. The van der Waals surface area contributed by atoms with Crippen molar-refractivity contribution in [1.29, 1.82) is 0 Å². The molecule has 0 unspecified atom stereocenters. The van der Waals surface area contributed by atoms with Gasteiger partial charge in [-0.15, -0.1) is 0 Å². The van der Waals surface area contributed by atoms with Gasteiger partial charge in [0.25, 0.3) is 0 Å². The van der Waals surface area contributed by atoms with Gasteiger partial charge in [0.1, 0.15) is 12.1 Å². The van der Waals surface area contributed by atoms with E-state index in [1.165, 1.54) is 18.5 Å². The highest BCUT2D eigenvalue weighted by Gasteiger charge is 2.30. The Morgan fingerprint density at radius 2 is 1.68 bits per heavy atom. The normalized spacial score (nSPS) is 11.6. The van der Waals surface area contributed by atoms with Crippen LogP contribution >= 0.6 is 11.6 Å². The molecule has 0 N–H and O–H groups in total. The van der Waals surface area contributed by atoms with Gasteiger partial charge in [0.05, 0.1) is 16.5 Å². The van der Waals surface area contributed by atoms with Crippen LogP contribution in [0.4, 0.5) is 13.2 Å². The van der Waals surface area contributed by atoms with Crippen LogP contribution in [0.3, 0.4) is 0 Å². The van der Waals surface area contributed by atoms with E-state index in [2.05, 4.69) is 9.97 Å². The van der Waals surface area contributed by atoms with E-state index in [4.69, 9.17) is 16.3 Å². The molecule has 0 bridgehead atoms. The van der Waals surface area contributed by atoms with Crippen LogP contribution < -0.4 is 4.74 Å². The van der Waals surface area contributed by atoms with Gasteiger partial charge in [-0.1, -0.05) is 11.6 Å². The second-order valence-corrected chi connectivity index (χ2v) is 4.90. The molecule has 0 saturated carbocycles. The Labute approximate surface area is 128 Å². The van der Waals surface area contributed by atoms with Gasteiger partial charge >= 0.3 is 6.18 Å². The molecule has 0 amide bonds. The van der Waals surface area contributed by atoms with Crippen molar-refractivity contribution < 1.29 is 17.9 Å². The van der Waals surface area contributed by atoms with Crippen LogP contribution in [-0.2, 0) is 6.18 Å². The summed E-state index contributed by atoms with van der Waals surface area (Å²) in [7, 11) is 0. The van der Waals surface area contributed by atoms with Crippen LogP contribution in [-0.4, -0.2) is 9.97 Å². The summed E-state index contributed by atoms with van der Waals surface area (Å²) in [5.74, 6) is 0.504. The fourth-order valence-electron chi connectivity index (χ4n) is 1.91. The number of nitrogens with zero attached hydrogens (tertiary/aromatic N) is 2. The third-order valence-electron chi connectivity index (χ3n) is 2.96. The van der Waals surface area contributed by atoms with E-state index in [0.717, 1.165) is 12.1 Å². The minimum atomic E-state index is -4.38. The van der Waals surface area contributed by atoms with Gasteiger partial charge in [-0.05, 0) is 42.5 Å². The third kappa shape index (κ3) is 2.96. The van der Waals surface area contributed by atoms with E-state index < -0.39 is 11.7 Å². The Morgan fingerprint density at radius 1 is 0.955 bits per heavy atom. The summed E-state index contributed by atoms with van der Waals surface area (Å²) >= 11 is 5.88. The maximum atomic E-state index is 12.5. The molecule has 3 rings (SSSR count). The molecule has 1 aromatic heterocycles. The fraction of sp³-hybridized carbons (Fsp3) is 0.0667. The molecule has 2 aromatic carbocycles. The SMILES string of the molecule is FC(F)(F)c1ccc(Oc2ncnc3cc(Cl)ccc23)cc1. The predicted molar refractivity (Wildman–Crippen MR) is 76.1 cm³/mol. The van der Waals surface area contributed by atoms with E-state index in [1.54, 1.807) is 18.2 Å². The molecular weight excluding hydrogens is 317 g/mol. The first-order valence-electron chi connectivity index (χ1n) is 6.19. The number of aromatic nitrogens is 2. The zero-order valence-corrected chi connectivity index (χ0v) is 11.7. The van der Waals surface area contributed by atoms with Crippen LogP contribution in [0.5, 0.6) is 11.6 Å². The quantitative estimate of drug-likeness (QED) is 0.658. The maximum absolute atomic E-state index is 12.5. The Kier molecular flexibility index (Phi) is 3.62. The molecule has 0 aliphatic carbocycles. The van der Waals surface area contributed by atoms with Crippen molar-refractivity contribution in [1.82, 2.24) is 9.97 Å². The van der Waals surface area contributed by atoms with Crippen LogP contribution in [0, 0.1) is 0 Å². The second kappa shape index (κ2) is 5.46. The summed E-state index contributed by atoms with van der Waals surface area (Å²) in [6.45, 7) is 0. The Bertz CT molecular complexity index is 819. The zero-order valence-electron chi connectivity index (χ0n) is 10.9. The van der Waals surface area contributed by atoms with Gasteiger partial charge < -0.3 is 4.74 Å². The average molecular weight is 325 g/mol. The second-order valence-electron chi connectivity index (χ2n) is 4.46. The van der Waals surface area contributed by atoms with Gasteiger partial charge in [-0.3, -0.25) is 0 Å². The van der Waals surface area contributed by atoms with Crippen LogP contribution in [0.2, 0.25) is 5.02 Å². The lowest BCUT2D eigenvalue weighted by atomic mass is 10.2. The number of ether oxygens (including phenoxy) is 1. The first-order chi connectivity index (χ1) is 10.4. The van der Waals surface area contributed by atoms with Gasteiger partial charge in [0, 0.05) is 5.02 Å². The Morgan fingerprint density at radius 3 is 2.36 bits per heavy atom. The molecule has 0 fully saturated rings. The van der Waals surface area contributed by atoms with Crippen molar-refractivity contribution in [2.24, 2.45) is 0 Å². The average Bonchev–Trinajstić information content (AvgIpc) is 2.47. The smallest absolute Gasteiger partial charge is 0.416 e. The lowest BCUT2D eigenvalue weighted by Gasteiger charge is -2.09. The Balaban J connectivity index is 1.93. The number of rotatable bonds is 2. The van der Waals surface area contributed by atoms with E-state index in [0.29, 0.717) is 15.9 Å². The molecule has 22 heavy (non-hydrogen) atoms. The van der Waals surface area contributed by atoms with Gasteiger partial charge in [-0.25, -0.2) is 9.97 Å².